The summed E-state index contributed by atoms with van der Waals surface area (Å²) in [4.78, 5) is 15.2. The number of hydrogen-bond acceptors (Lipinski definition) is 3. The zero-order chi connectivity index (χ0) is 18.8. The number of carbonyl (C=O) groups is 1. The van der Waals surface area contributed by atoms with Gasteiger partial charge in [-0.1, -0.05) is 48.0 Å². The number of rotatable bonds is 5. The van der Waals surface area contributed by atoms with Crippen molar-refractivity contribution in [1.29, 1.82) is 0 Å². The second-order valence-electron chi connectivity index (χ2n) is 7.04. The van der Waals surface area contributed by atoms with Gasteiger partial charge < -0.3 is 9.73 Å². The summed E-state index contributed by atoms with van der Waals surface area (Å²) in [5.41, 5.74) is 2.67. The van der Waals surface area contributed by atoms with E-state index in [2.05, 4.69) is 10.2 Å². The SMILES string of the molecule is Cc1c(C(=O)NC[C@@H](c2ccccc2Cl)N2CCCC2)oc2ccccc12. The molecule has 3 aromatic rings. The van der Waals surface area contributed by atoms with Crippen molar-refractivity contribution < 1.29 is 9.21 Å². The summed E-state index contributed by atoms with van der Waals surface area (Å²) >= 11 is 6.45. The topological polar surface area (TPSA) is 45.5 Å². The number of hydrogen-bond donors (Lipinski definition) is 1. The van der Waals surface area contributed by atoms with Gasteiger partial charge in [-0.25, -0.2) is 0 Å². The van der Waals surface area contributed by atoms with Gasteiger partial charge in [0.1, 0.15) is 5.58 Å². The van der Waals surface area contributed by atoms with Gasteiger partial charge in [0.25, 0.3) is 5.91 Å². The molecule has 0 aliphatic carbocycles. The molecule has 1 aliphatic rings. The van der Waals surface area contributed by atoms with Crippen molar-refractivity contribution in [2.75, 3.05) is 19.6 Å². The summed E-state index contributed by atoms with van der Waals surface area (Å²) in [5.74, 6) is 0.204. The molecular weight excluding hydrogens is 360 g/mol. The Balaban J connectivity index is 1.55. The van der Waals surface area contributed by atoms with E-state index in [1.54, 1.807) is 0 Å². The van der Waals surface area contributed by atoms with Crippen LogP contribution in [0.2, 0.25) is 5.02 Å². The predicted molar refractivity (Wildman–Crippen MR) is 108 cm³/mol. The average molecular weight is 383 g/mol. The van der Waals surface area contributed by atoms with Gasteiger partial charge in [0.15, 0.2) is 5.76 Å². The lowest BCUT2D eigenvalue weighted by Gasteiger charge is -2.28. The van der Waals surface area contributed by atoms with Crippen molar-refractivity contribution in [3.05, 3.63) is 70.4 Å². The van der Waals surface area contributed by atoms with Gasteiger partial charge in [0, 0.05) is 22.5 Å². The van der Waals surface area contributed by atoms with Gasteiger partial charge in [-0.05, 0) is 50.6 Å². The monoisotopic (exact) mass is 382 g/mol. The highest BCUT2D eigenvalue weighted by Crippen LogP contribution is 2.30. The van der Waals surface area contributed by atoms with Crippen LogP contribution < -0.4 is 5.32 Å². The summed E-state index contributed by atoms with van der Waals surface area (Å²) in [6.07, 6.45) is 2.36. The Morgan fingerprint density at radius 2 is 1.85 bits per heavy atom. The lowest BCUT2D eigenvalue weighted by molar-refractivity contribution is 0.0911. The standard InChI is InChI=1S/C22H23ClN2O2/c1-15-16-8-3-5-11-20(16)27-21(15)22(26)24-14-19(25-12-6-7-13-25)17-9-2-4-10-18(17)23/h2-5,8-11,19H,6-7,12-14H2,1H3,(H,24,26)/t19-/m0/s1. The van der Waals surface area contributed by atoms with Gasteiger partial charge in [0.2, 0.25) is 0 Å². The zero-order valence-corrected chi connectivity index (χ0v) is 16.1. The maximum Gasteiger partial charge on any atom is 0.287 e. The molecule has 0 saturated carbocycles. The molecule has 1 saturated heterocycles. The number of carbonyl (C=O) groups excluding carboxylic acids is 1. The fraction of sp³-hybridized carbons (Fsp3) is 0.318. The summed E-state index contributed by atoms with van der Waals surface area (Å²) in [6.45, 7) is 4.47. The molecule has 5 heteroatoms. The van der Waals surface area contributed by atoms with E-state index >= 15 is 0 Å². The van der Waals surface area contributed by atoms with E-state index in [1.165, 1.54) is 12.8 Å². The van der Waals surface area contributed by atoms with Crippen LogP contribution in [-0.2, 0) is 0 Å². The Labute approximate surface area is 164 Å². The van der Waals surface area contributed by atoms with Crippen LogP contribution in [0.15, 0.2) is 52.9 Å². The maximum atomic E-state index is 12.8. The van der Waals surface area contributed by atoms with Crippen molar-refractivity contribution in [2.24, 2.45) is 0 Å². The minimum absolute atomic E-state index is 0.0647. The number of aryl methyl sites for hydroxylation is 1. The fourth-order valence-electron chi connectivity index (χ4n) is 3.89. The number of furan rings is 1. The number of fused-ring (bicyclic) bond motifs is 1. The highest BCUT2D eigenvalue weighted by Gasteiger charge is 2.26. The Morgan fingerprint density at radius 3 is 2.59 bits per heavy atom. The van der Waals surface area contributed by atoms with Crippen LogP contribution >= 0.6 is 11.6 Å². The summed E-state index contributed by atoms with van der Waals surface area (Å²) in [6, 6.07) is 15.7. The molecule has 1 atom stereocenters. The Bertz CT molecular complexity index is 960. The van der Waals surface area contributed by atoms with E-state index in [-0.39, 0.29) is 11.9 Å². The first-order chi connectivity index (χ1) is 13.1. The largest absolute Gasteiger partial charge is 0.451 e. The molecule has 0 bridgehead atoms. The number of benzene rings is 2. The summed E-state index contributed by atoms with van der Waals surface area (Å²) in [5, 5.41) is 4.79. The second kappa shape index (κ2) is 7.75. The van der Waals surface area contributed by atoms with E-state index < -0.39 is 0 Å². The third-order valence-corrected chi connectivity index (χ3v) is 5.70. The molecule has 0 radical (unpaired) electrons. The van der Waals surface area contributed by atoms with E-state index in [0.717, 1.165) is 40.2 Å². The molecule has 2 heterocycles. The van der Waals surface area contributed by atoms with Crippen molar-refractivity contribution in [3.63, 3.8) is 0 Å². The number of para-hydroxylation sites is 1. The Hall–Kier alpha value is -2.30. The van der Waals surface area contributed by atoms with E-state index in [1.807, 2.05) is 55.5 Å². The van der Waals surface area contributed by atoms with E-state index in [0.29, 0.717) is 12.3 Å². The molecule has 1 N–H and O–H groups in total. The molecule has 4 rings (SSSR count). The Morgan fingerprint density at radius 1 is 1.15 bits per heavy atom. The van der Waals surface area contributed by atoms with Crippen molar-refractivity contribution >= 4 is 28.5 Å². The zero-order valence-electron chi connectivity index (χ0n) is 15.4. The van der Waals surface area contributed by atoms with Crippen LogP contribution in [0.5, 0.6) is 0 Å². The lowest BCUT2D eigenvalue weighted by Crippen LogP contribution is -2.37. The number of nitrogens with one attached hydrogen (secondary N) is 1. The van der Waals surface area contributed by atoms with Gasteiger partial charge in [-0.3, -0.25) is 9.69 Å². The fourth-order valence-corrected chi connectivity index (χ4v) is 4.16. The maximum absolute atomic E-state index is 12.8. The molecule has 0 unspecified atom stereocenters. The summed E-state index contributed by atoms with van der Waals surface area (Å²) < 4.78 is 5.80. The van der Waals surface area contributed by atoms with E-state index in [9.17, 15) is 4.79 Å². The molecule has 27 heavy (non-hydrogen) atoms. The number of amides is 1. The van der Waals surface area contributed by atoms with Gasteiger partial charge in [0.05, 0.1) is 6.04 Å². The highest BCUT2D eigenvalue weighted by molar-refractivity contribution is 6.31. The van der Waals surface area contributed by atoms with Gasteiger partial charge in [-0.2, -0.15) is 0 Å². The van der Waals surface area contributed by atoms with E-state index in [4.69, 9.17) is 16.0 Å². The van der Waals surface area contributed by atoms with Crippen molar-refractivity contribution in [3.8, 4) is 0 Å². The molecule has 4 nitrogen and oxygen atoms in total. The van der Waals surface area contributed by atoms with Crippen LogP contribution in [0.4, 0.5) is 0 Å². The first kappa shape index (κ1) is 18.1. The van der Waals surface area contributed by atoms with Crippen molar-refractivity contribution in [2.45, 2.75) is 25.8 Å². The van der Waals surface area contributed by atoms with Crippen LogP contribution in [0.25, 0.3) is 11.0 Å². The predicted octanol–water partition coefficient (Wildman–Crippen LogP) is 4.96. The van der Waals surface area contributed by atoms with Crippen LogP contribution in [0, 0.1) is 6.92 Å². The van der Waals surface area contributed by atoms with Gasteiger partial charge >= 0.3 is 0 Å². The molecule has 2 aromatic carbocycles. The smallest absolute Gasteiger partial charge is 0.287 e. The number of nitrogens with zero attached hydrogens (tertiary/aromatic N) is 1. The minimum atomic E-state index is -0.181. The molecule has 0 spiro atoms. The first-order valence-electron chi connectivity index (χ1n) is 9.40. The Kier molecular flexibility index (Phi) is 5.19. The molecular formula is C22H23ClN2O2. The summed E-state index contributed by atoms with van der Waals surface area (Å²) in [7, 11) is 0. The number of halogens is 1. The van der Waals surface area contributed by atoms with Gasteiger partial charge in [-0.15, -0.1) is 0 Å². The third-order valence-electron chi connectivity index (χ3n) is 5.35. The highest BCUT2D eigenvalue weighted by atomic mass is 35.5. The minimum Gasteiger partial charge on any atom is -0.451 e. The van der Waals surface area contributed by atoms with Crippen LogP contribution in [-0.4, -0.2) is 30.4 Å². The second-order valence-corrected chi connectivity index (χ2v) is 7.45. The quantitative estimate of drug-likeness (QED) is 0.678. The molecule has 140 valence electrons. The molecule has 1 fully saturated rings. The molecule has 1 aromatic heterocycles. The number of likely N-dealkylation sites (tertiary alicyclic amines) is 1. The third kappa shape index (κ3) is 3.60. The van der Waals surface area contributed by atoms with Crippen molar-refractivity contribution in [1.82, 2.24) is 10.2 Å². The molecule has 1 amide bonds. The normalized spacial score (nSPS) is 15.9. The average Bonchev–Trinajstić information content (AvgIpc) is 3.32. The lowest BCUT2D eigenvalue weighted by atomic mass is 10.1. The van der Waals surface area contributed by atoms with Crippen LogP contribution in [0.3, 0.4) is 0 Å². The molecule has 1 aliphatic heterocycles. The van der Waals surface area contributed by atoms with Crippen LogP contribution in [0.1, 0.15) is 40.6 Å². The first-order valence-corrected chi connectivity index (χ1v) is 9.78.